The molecule has 2 aromatic rings. The Morgan fingerprint density at radius 3 is 2.88 bits per heavy atom. The second-order valence-electron chi connectivity index (χ2n) is 3.04. The first-order valence-corrected chi connectivity index (χ1v) is 5.41. The van der Waals surface area contributed by atoms with E-state index in [9.17, 15) is 4.79 Å². The van der Waals surface area contributed by atoms with E-state index < -0.39 is 0 Å². The number of ketones is 1. The van der Waals surface area contributed by atoms with Crippen molar-refractivity contribution in [2.24, 2.45) is 0 Å². The maximum absolute atomic E-state index is 11.1. The summed E-state index contributed by atoms with van der Waals surface area (Å²) in [5.41, 5.74) is 1.11. The topological polar surface area (TPSA) is 65.0 Å². The molecule has 0 aliphatic heterocycles. The van der Waals surface area contributed by atoms with Crippen LogP contribution in [0.4, 0.5) is 0 Å². The minimum Gasteiger partial charge on any atom is -0.481 e. The lowest BCUT2D eigenvalue weighted by Gasteiger charge is -1.98. The van der Waals surface area contributed by atoms with E-state index in [1.54, 1.807) is 11.4 Å². The van der Waals surface area contributed by atoms with Crippen molar-refractivity contribution in [3.05, 3.63) is 23.5 Å². The molecule has 5 nitrogen and oxygen atoms in total. The van der Waals surface area contributed by atoms with Crippen molar-refractivity contribution in [1.29, 1.82) is 0 Å². The summed E-state index contributed by atoms with van der Waals surface area (Å²) in [6.45, 7) is 1.49. The van der Waals surface area contributed by atoms with Gasteiger partial charge >= 0.3 is 0 Å². The number of hydrogen-bond donors (Lipinski definition) is 0. The quantitative estimate of drug-likeness (QED) is 0.759. The van der Waals surface area contributed by atoms with E-state index in [4.69, 9.17) is 4.74 Å². The van der Waals surface area contributed by atoms with E-state index in [0.717, 1.165) is 0 Å². The van der Waals surface area contributed by atoms with Crippen LogP contribution in [0.3, 0.4) is 0 Å². The molecule has 0 spiro atoms. The van der Waals surface area contributed by atoms with Gasteiger partial charge in [-0.25, -0.2) is 15.0 Å². The maximum atomic E-state index is 11.1. The summed E-state index contributed by atoms with van der Waals surface area (Å²) in [5.74, 6) is 0.424. The van der Waals surface area contributed by atoms with Crippen molar-refractivity contribution in [1.82, 2.24) is 15.0 Å². The number of nitrogens with zero attached hydrogens (tertiary/aromatic N) is 3. The van der Waals surface area contributed by atoms with Gasteiger partial charge in [-0.2, -0.15) is 0 Å². The van der Waals surface area contributed by atoms with Gasteiger partial charge in [0.05, 0.1) is 7.11 Å². The monoisotopic (exact) mass is 235 g/mol. The van der Waals surface area contributed by atoms with Crippen LogP contribution in [-0.2, 0) is 0 Å². The predicted molar refractivity (Wildman–Crippen MR) is 59.7 cm³/mol. The van der Waals surface area contributed by atoms with E-state index in [1.807, 2.05) is 0 Å². The zero-order valence-electron chi connectivity index (χ0n) is 8.80. The summed E-state index contributed by atoms with van der Waals surface area (Å²) in [7, 11) is 1.54. The van der Waals surface area contributed by atoms with Gasteiger partial charge in [-0.05, 0) is 0 Å². The van der Waals surface area contributed by atoms with E-state index in [2.05, 4.69) is 15.0 Å². The molecule has 6 heteroatoms. The van der Waals surface area contributed by atoms with Crippen LogP contribution < -0.4 is 4.74 Å². The predicted octanol–water partition coefficient (Wildman–Crippen LogP) is 1.81. The number of rotatable bonds is 3. The molecule has 0 fully saturated rings. The first-order valence-electron chi connectivity index (χ1n) is 4.53. The maximum Gasteiger partial charge on any atom is 0.216 e. The van der Waals surface area contributed by atoms with Crippen LogP contribution >= 0.6 is 11.3 Å². The minimum absolute atomic E-state index is 0.0523. The Bertz CT molecular complexity index is 524. The molecule has 0 aromatic carbocycles. The van der Waals surface area contributed by atoms with Crippen LogP contribution in [0.15, 0.2) is 17.8 Å². The summed E-state index contributed by atoms with van der Waals surface area (Å²) in [4.78, 5) is 23.3. The highest BCUT2D eigenvalue weighted by molar-refractivity contribution is 7.13. The van der Waals surface area contributed by atoms with Gasteiger partial charge in [-0.1, -0.05) is 0 Å². The molecular formula is C10H9N3O2S. The van der Waals surface area contributed by atoms with Crippen molar-refractivity contribution >= 4 is 17.1 Å². The molecule has 2 aromatic heterocycles. The molecule has 0 radical (unpaired) electrons. The number of thiazole rings is 1. The van der Waals surface area contributed by atoms with Crippen molar-refractivity contribution < 1.29 is 9.53 Å². The Balaban J connectivity index is 2.38. The highest BCUT2D eigenvalue weighted by atomic mass is 32.1. The van der Waals surface area contributed by atoms with Crippen LogP contribution in [0.1, 0.15) is 17.4 Å². The standard InChI is InChI=1S/C10H9N3O2S/c1-6(14)8-4-16-10(13-8)7-3-9(15-2)12-5-11-7/h3-5H,1-2H3. The number of carbonyl (C=O) groups excluding carboxylic acids is 1. The summed E-state index contributed by atoms with van der Waals surface area (Å²) in [5, 5.41) is 2.40. The summed E-state index contributed by atoms with van der Waals surface area (Å²) in [6.07, 6.45) is 1.41. The fourth-order valence-electron chi connectivity index (χ4n) is 1.12. The first-order chi connectivity index (χ1) is 7.70. The molecule has 0 N–H and O–H groups in total. The van der Waals surface area contributed by atoms with Gasteiger partial charge in [0, 0.05) is 18.4 Å². The molecule has 2 rings (SSSR count). The van der Waals surface area contributed by atoms with Gasteiger partial charge in [-0.15, -0.1) is 11.3 Å². The van der Waals surface area contributed by atoms with Crippen LogP contribution in [-0.4, -0.2) is 27.8 Å². The normalized spacial score (nSPS) is 10.1. The molecule has 2 heterocycles. The van der Waals surface area contributed by atoms with Crippen molar-refractivity contribution in [2.45, 2.75) is 6.92 Å². The van der Waals surface area contributed by atoms with E-state index in [0.29, 0.717) is 22.3 Å². The highest BCUT2D eigenvalue weighted by Crippen LogP contribution is 2.23. The van der Waals surface area contributed by atoms with Gasteiger partial charge in [0.2, 0.25) is 5.88 Å². The largest absolute Gasteiger partial charge is 0.481 e. The third-order valence-corrected chi connectivity index (χ3v) is 2.80. The van der Waals surface area contributed by atoms with Gasteiger partial charge in [0.25, 0.3) is 0 Å². The van der Waals surface area contributed by atoms with Gasteiger partial charge in [0.1, 0.15) is 22.7 Å². The lowest BCUT2D eigenvalue weighted by Crippen LogP contribution is -1.93. The molecule has 0 amide bonds. The van der Waals surface area contributed by atoms with Crippen LogP contribution in [0.25, 0.3) is 10.7 Å². The molecular weight excluding hydrogens is 226 g/mol. The molecule has 0 aliphatic carbocycles. The van der Waals surface area contributed by atoms with Crippen molar-refractivity contribution in [2.75, 3.05) is 7.11 Å². The second-order valence-corrected chi connectivity index (χ2v) is 3.90. The molecule has 0 saturated carbocycles. The van der Waals surface area contributed by atoms with E-state index in [-0.39, 0.29) is 5.78 Å². The average Bonchev–Trinajstić information content (AvgIpc) is 2.78. The zero-order chi connectivity index (χ0) is 11.5. The summed E-state index contributed by atoms with van der Waals surface area (Å²) < 4.78 is 4.99. The second kappa shape index (κ2) is 4.36. The fourth-order valence-corrected chi connectivity index (χ4v) is 1.95. The molecule has 0 unspecified atom stereocenters. The SMILES string of the molecule is COc1cc(-c2nc(C(C)=O)cs2)ncn1. The van der Waals surface area contributed by atoms with Crippen LogP contribution in [0, 0.1) is 0 Å². The Kier molecular flexibility index (Phi) is 2.91. The molecule has 0 atom stereocenters. The van der Waals surface area contributed by atoms with Crippen molar-refractivity contribution in [3.63, 3.8) is 0 Å². The van der Waals surface area contributed by atoms with Crippen LogP contribution in [0.2, 0.25) is 0 Å². The van der Waals surface area contributed by atoms with E-state index >= 15 is 0 Å². The average molecular weight is 235 g/mol. The number of hydrogen-bond acceptors (Lipinski definition) is 6. The summed E-state index contributed by atoms with van der Waals surface area (Å²) in [6, 6.07) is 1.68. The number of Topliss-reactive ketones (excluding diaryl/α,β-unsaturated/α-hetero) is 1. The number of methoxy groups -OCH3 is 1. The lowest BCUT2D eigenvalue weighted by molar-refractivity contribution is 0.101. The molecule has 0 aliphatic rings. The summed E-state index contributed by atoms with van der Waals surface area (Å²) >= 11 is 1.37. The smallest absolute Gasteiger partial charge is 0.216 e. The van der Waals surface area contributed by atoms with Gasteiger partial charge in [-0.3, -0.25) is 4.79 Å². The molecule has 0 saturated heterocycles. The number of ether oxygens (including phenoxy) is 1. The fraction of sp³-hybridized carbons (Fsp3) is 0.200. The number of aromatic nitrogens is 3. The van der Waals surface area contributed by atoms with Crippen LogP contribution in [0.5, 0.6) is 5.88 Å². The third kappa shape index (κ3) is 2.06. The number of carbonyl (C=O) groups is 1. The Hall–Kier alpha value is -1.82. The van der Waals surface area contributed by atoms with Crippen molar-refractivity contribution in [3.8, 4) is 16.6 Å². The first kappa shape index (κ1) is 10.7. The Labute approximate surface area is 96.2 Å². The van der Waals surface area contributed by atoms with Gasteiger partial charge < -0.3 is 4.74 Å². The highest BCUT2D eigenvalue weighted by Gasteiger charge is 2.09. The molecule has 0 bridgehead atoms. The lowest BCUT2D eigenvalue weighted by atomic mass is 10.3. The Morgan fingerprint density at radius 1 is 1.44 bits per heavy atom. The molecule has 82 valence electrons. The molecule has 16 heavy (non-hydrogen) atoms. The van der Waals surface area contributed by atoms with Gasteiger partial charge in [0.15, 0.2) is 5.78 Å². The minimum atomic E-state index is -0.0523. The third-order valence-electron chi connectivity index (χ3n) is 1.94. The Morgan fingerprint density at radius 2 is 2.25 bits per heavy atom. The van der Waals surface area contributed by atoms with E-state index in [1.165, 1.54) is 31.7 Å². The zero-order valence-corrected chi connectivity index (χ0v) is 9.61.